The molecule has 0 aliphatic rings. The van der Waals surface area contributed by atoms with E-state index in [9.17, 15) is 19.0 Å². The number of carbonyl (C=O) groups excluding carboxylic acids is 2. The summed E-state index contributed by atoms with van der Waals surface area (Å²) >= 11 is 0. The second kappa shape index (κ2) is 34.5. The highest BCUT2D eigenvalue weighted by molar-refractivity contribution is 7.47. The van der Waals surface area contributed by atoms with Crippen molar-refractivity contribution in [1.82, 2.24) is 0 Å². The van der Waals surface area contributed by atoms with Crippen molar-refractivity contribution in [2.24, 2.45) is 0 Å². The van der Waals surface area contributed by atoms with Gasteiger partial charge in [-0.2, -0.15) is 0 Å². The normalized spacial score (nSPS) is 14.3. The van der Waals surface area contributed by atoms with E-state index >= 15 is 0 Å². The second-order valence-corrected chi connectivity index (χ2v) is 15.8. The number of likely N-dealkylation sites (N-methyl/N-ethyl adjacent to an activating group) is 1. The summed E-state index contributed by atoms with van der Waals surface area (Å²) in [5.74, 6) is -0.854. The summed E-state index contributed by atoms with van der Waals surface area (Å²) in [7, 11) is 1.44. The summed E-state index contributed by atoms with van der Waals surface area (Å²) in [6.45, 7) is 4.24. The van der Waals surface area contributed by atoms with Gasteiger partial charge in [-0.25, -0.2) is 4.57 Å². The molecule has 0 saturated heterocycles. The Hall–Kier alpha value is -2.29. The molecule has 0 rings (SSSR count). The van der Waals surface area contributed by atoms with Crippen LogP contribution in [0, 0.1) is 0 Å². The Morgan fingerprint density at radius 3 is 1.65 bits per heavy atom. The minimum absolute atomic E-state index is 0.0212. The molecule has 300 valence electrons. The summed E-state index contributed by atoms with van der Waals surface area (Å²) in [5, 5.41) is 0. The van der Waals surface area contributed by atoms with Gasteiger partial charge in [0, 0.05) is 12.8 Å². The van der Waals surface area contributed by atoms with Gasteiger partial charge < -0.3 is 18.9 Å². The van der Waals surface area contributed by atoms with Crippen LogP contribution < -0.4 is 0 Å². The third-order valence-electron chi connectivity index (χ3n) is 8.00. The molecule has 0 saturated carbocycles. The molecule has 0 aliphatic heterocycles. The van der Waals surface area contributed by atoms with Crippen LogP contribution in [0.3, 0.4) is 0 Å². The molecule has 9 nitrogen and oxygen atoms in total. The van der Waals surface area contributed by atoms with Gasteiger partial charge in [0.1, 0.15) is 19.8 Å². The molecule has 0 fully saturated rings. The quantitative estimate of drug-likeness (QED) is 0.0224. The Labute approximate surface area is 317 Å². The molecule has 1 unspecified atom stereocenters. The molecule has 0 heterocycles. The Morgan fingerprint density at radius 2 is 1.08 bits per heavy atom. The predicted molar refractivity (Wildman–Crippen MR) is 215 cm³/mol. The first kappa shape index (κ1) is 49.7. The summed E-state index contributed by atoms with van der Waals surface area (Å²) < 4.78 is 34.1. The molecule has 0 aromatic carbocycles. The van der Waals surface area contributed by atoms with Crippen LogP contribution in [0.15, 0.2) is 60.8 Å². The van der Waals surface area contributed by atoms with Crippen LogP contribution in [-0.2, 0) is 32.7 Å². The van der Waals surface area contributed by atoms with Crippen molar-refractivity contribution in [2.45, 2.75) is 148 Å². The highest BCUT2D eigenvalue weighted by atomic mass is 31.2. The number of phosphoric ester groups is 1. The number of unbranched alkanes of at least 4 members (excludes halogenated alkanes) is 11. The number of nitrogens with zero attached hydrogens (tertiary/aromatic N) is 1. The number of phosphoric acid groups is 1. The standard InChI is InChI=1S/C42H74NO8P/c1-6-8-10-12-14-16-18-19-20-21-22-23-25-27-29-31-33-35-42(45)51-40(39-50-52(46,47)49-37-36-43(3,4)5)38-48-41(44)34-32-30-28-26-24-17-15-13-11-9-7-2/h10,12-13,15-16,18,20-21,23,25,40H,6-9,11,14,17,19,22,24,26-39H2,1-5H3/p+1/b12-10+,15-13+,18-16+,21-20+,25-23+/t40-/m1/s1. The molecule has 0 radical (unpaired) electrons. The zero-order chi connectivity index (χ0) is 38.6. The van der Waals surface area contributed by atoms with E-state index in [1.807, 2.05) is 21.1 Å². The average molecular weight is 753 g/mol. The van der Waals surface area contributed by atoms with Crippen molar-refractivity contribution in [3.05, 3.63) is 60.8 Å². The van der Waals surface area contributed by atoms with E-state index in [4.69, 9.17) is 18.5 Å². The van der Waals surface area contributed by atoms with Gasteiger partial charge in [-0.1, -0.05) is 120 Å². The lowest BCUT2D eigenvalue weighted by atomic mass is 10.1. The maximum atomic E-state index is 12.6. The molecule has 0 aromatic rings. The van der Waals surface area contributed by atoms with Crippen LogP contribution in [0.1, 0.15) is 142 Å². The maximum Gasteiger partial charge on any atom is 0.472 e. The lowest BCUT2D eigenvalue weighted by molar-refractivity contribution is -0.870. The van der Waals surface area contributed by atoms with Crippen molar-refractivity contribution < 1.29 is 42.1 Å². The topological polar surface area (TPSA) is 108 Å². The van der Waals surface area contributed by atoms with Crippen LogP contribution >= 0.6 is 7.82 Å². The summed E-state index contributed by atoms with van der Waals surface area (Å²) in [5.41, 5.74) is 0. The smallest absolute Gasteiger partial charge is 0.462 e. The summed E-state index contributed by atoms with van der Waals surface area (Å²) in [6, 6.07) is 0. The Kier molecular flexibility index (Phi) is 33.0. The first-order valence-electron chi connectivity index (χ1n) is 20.0. The Balaban J connectivity index is 4.50. The third kappa shape index (κ3) is 37.5. The number of rotatable bonds is 35. The first-order chi connectivity index (χ1) is 25.0. The average Bonchev–Trinajstić information content (AvgIpc) is 3.09. The van der Waals surface area contributed by atoms with Gasteiger partial charge in [0.2, 0.25) is 0 Å². The molecule has 0 bridgehead atoms. The molecular weight excluding hydrogens is 677 g/mol. The Morgan fingerprint density at radius 1 is 0.596 bits per heavy atom. The minimum Gasteiger partial charge on any atom is -0.462 e. The number of allylic oxidation sites excluding steroid dienone is 10. The molecule has 1 N–H and O–H groups in total. The number of hydrogen-bond donors (Lipinski definition) is 1. The van der Waals surface area contributed by atoms with Crippen LogP contribution in [0.2, 0.25) is 0 Å². The van der Waals surface area contributed by atoms with Gasteiger partial charge in [-0.3, -0.25) is 18.6 Å². The van der Waals surface area contributed by atoms with E-state index in [-0.39, 0.29) is 26.1 Å². The molecule has 2 atom stereocenters. The number of carbonyl (C=O) groups is 2. The SMILES string of the molecule is CCC/C=C/C/C=C/C/C=C/C/C=C/CCCCCC(=O)O[C@H](COC(=O)CCCCCCC/C=C/CCCC)COP(=O)(O)OCC[N+](C)(C)C. The van der Waals surface area contributed by atoms with Crippen LogP contribution in [0.4, 0.5) is 0 Å². The molecule has 0 aromatic heterocycles. The maximum absolute atomic E-state index is 12.6. The largest absolute Gasteiger partial charge is 0.472 e. The minimum atomic E-state index is -4.38. The molecule has 0 spiro atoms. The van der Waals surface area contributed by atoms with Gasteiger partial charge >= 0.3 is 19.8 Å². The van der Waals surface area contributed by atoms with Crippen molar-refractivity contribution >= 4 is 19.8 Å². The molecule has 10 heteroatoms. The first-order valence-corrected chi connectivity index (χ1v) is 21.5. The van der Waals surface area contributed by atoms with Crippen LogP contribution in [-0.4, -0.2) is 74.9 Å². The van der Waals surface area contributed by atoms with E-state index in [1.54, 1.807) is 0 Å². The number of quaternary nitrogens is 1. The van der Waals surface area contributed by atoms with Crippen LogP contribution in [0.25, 0.3) is 0 Å². The summed E-state index contributed by atoms with van der Waals surface area (Å²) in [4.78, 5) is 35.2. The number of esters is 2. The van der Waals surface area contributed by atoms with E-state index in [2.05, 4.69) is 74.6 Å². The number of hydrogen-bond acceptors (Lipinski definition) is 7. The zero-order valence-corrected chi connectivity index (χ0v) is 34.4. The van der Waals surface area contributed by atoms with E-state index in [0.717, 1.165) is 89.9 Å². The molecular formula is C42H75NO8P+. The molecule has 0 amide bonds. The predicted octanol–water partition coefficient (Wildman–Crippen LogP) is 10.9. The van der Waals surface area contributed by atoms with E-state index in [0.29, 0.717) is 17.4 Å². The van der Waals surface area contributed by atoms with Crippen molar-refractivity contribution in [1.29, 1.82) is 0 Å². The van der Waals surface area contributed by atoms with E-state index < -0.39 is 32.5 Å². The fourth-order valence-corrected chi connectivity index (χ4v) is 5.55. The van der Waals surface area contributed by atoms with Gasteiger partial charge in [0.25, 0.3) is 0 Å². The lowest BCUT2D eigenvalue weighted by Crippen LogP contribution is -2.37. The van der Waals surface area contributed by atoms with Crippen molar-refractivity contribution in [3.63, 3.8) is 0 Å². The van der Waals surface area contributed by atoms with Crippen molar-refractivity contribution in [2.75, 3.05) is 47.5 Å². The van der Waals surface area contributed by atoms with Crippen molar-refractivity contribution in [3.8, 4) is 0 Å². The number of ether oxygens (including phenoxy) is 2. The zero-order valence-electron chi connectivity index (χ0n) is 33.5. The van der Waals surface area contributed by atoms with Gasteiger partial charge in [-0.05, 0) is 70.6 Å². The van der Waals surface area contributed by atoms with E-state index in [1.165, 1.54) is 19.3 Å². The lowest BCUT2D eigenvalue weighted by Gasteiger charge is -2.24. The highest BCUT2D eigenvalue weighted by Gasteiger charge is 2.27. The van der Waals surface area contributed by atoms with Gasteiger partial charge in [0.05, 0.1) is 27.7 Å². The fraction of sp³-hybridized carbons (Fsp3) is 0.714. The van der Waals surface area contributed by atoms with Gasteiger partial charge in [-0.15, -0.1) is 0 Å². The summed E-state index contributed by atoms with van der Waals surface area (Å²) in [6.07, 6.45) is 39.8. The fourth-order valence-electron chi connectivity index (χ4n) is 4.81. The molecule has 0 aliphatic carbocycles. The van der Waals surface area contributed by atoms with Gasteiger partial charge in [0.15, 0.2) is 6.10 Å². The monoisotopic (exact) mass is 753 g/mol. The second-order valence-electron chi connectivity index (χ2n) is 14.3. The Bertz CT molecular complexity index is 1080. The highest BCUT2D eigenvalue weighted by Crippen LogP contribution is 2.43. The third-order valence-corrected chi connectivity index (χ3v) is 8.99. The molecule has 52 heavy (non-hydrogen) atoms. The van der Waals surface area contributed by atoms with Crippen LogP contribution in [0.5, 0.6) is 0 Å².